The number of fused-ring (bicyclic) bond motifs is 2. The van der Waals surface area contributed by atoms with Gasteiger partial charge in [0.15, 0.2) is 0 Å². The Bertz CT molecular complexity index is 1370. The molecule has 35 heavy (non-hydrogen) atoms. The topological polar surface area (TPSA) is 88.2 Å². The van der Waals surface area contributed by atoms with E-state index in [2.05, 4.69) is 49.7 Å². The molecule has 0 spiro atoms. The van der Waals surface area contributed by atoms with E-state index in [4.69, 9.17) is 4.42 Å². The lowest BCUT2D eigenvalue weighted by molar-refractivity contribution is 0.251. The van der Waals surface area contributed by atoms with Crippen molar-refractivity contribution >= 4 is 33.7 Å². The summed E-state index contributed by atoms with van der Waals surface area (Å²) in [5, 5.41) is 16.5. The highest BCUT2D eigenvalue weighted by atomic mass is 32.1. The Labute approximate surface area is 212 Å². The van der Waals surface area contributed by atoms with Crippen molar-refractivity contribution in [2.75, 3.05) is 18.9 Å². The third-order valence-corrected chi connectivity index (χ3v) is 9.22. The van der Waals surface area contributed by atoms with Gasteiger partial charge >= 0.3 is 6.03 Å². The summed E-state index contributed by atoms with van der Waals surface area (Å²) in [5.74, 6) is 1.01. The molecule has 6 rings (SSSR count). The van der Waals surface area contributed by atoms with E-state index in [1.54, 1.807) is 18.3 Å². The second-order valence-electron chi connectivity index (χ2n) is 9.21. The van der Waals surface area contributed by atoms with E-state index in [9.17, 15) is 4.79 Å². The minimum atomic E-state index is -0.215. The molecule has 1 aliphatic heterocycles. The SMILES string of the molecule is Cc1nnc(-c2c(NC(=O)NCc3c(-n4cccc4)sc4c3CCN(C)C4)sc3c2CCCC3)o1. The summed E-state index contributed by atoms with van der Waals surface area (Å²) in [6.45, 7) is 4.25. The Morgan fingerprint density at radius 2 is 1.91 bits per heavy atom. The lowest BCUT2D eigenvalue weighted by Gasteiger charge is -2.22. The molecule has 0 saturated heterocycles. The van der Waals surface area contributed by atoms with Gasteiger partial charge < -0.3 is 19.2 Å². The van der Waals surface area contributed by atoms with Crippen LogP contribution in [0.5, 0.6) is 0 Å². The molecule has 2 aliphatic rings. The second kappa shape index (κ2) is 9.25. The molecule has 182 valence electrons. The van der Waals surface area contributed by atoms with Gasteiger partial charge in [0.2, 0.25) is 5.89 Å². The summed E-state index contributed by atoms with van der Waals surface area (Å²) < 4.78 is 7.92. The fraction of sp³-hybridized carbons (Fsp3) is 0.400. The molecule has 0 unspecified atom stereocenters. The van der Waals surface area contributed by atoms with Gasteiger partial charge in [-0.25, -0.2) is 4.79 Å². The Balaban J connectivity index is 1.25. The number of urea groups is 1. The Hall–Kier alpha value is -2.95. The predicted octanol–water partition coefficient (Wildman–Crippen LogP) is 5.15. The molecule has 5 heterocycles. The number of nitrogens with one attached hydrogen (secondary N) is 2. The first-order valence-electron chi connectivity index (χ1n) is 12.0. The van der Waals surface area contributed by atoms with Crippen molar-refractivity contribution in [1.29, 1.82) is 0 Å². The molecular weight excluding hydrogens is 480 g/mol. The molecule has 4 aromatic rings. The number of carbonyl (C=O) groups is 1. The quantitative estimate of drug-likeness (QED) is 0.389. The number of nitrogens with zero attached hydrogens (tertiary/aromatic N) is 4. The summed E-state index contributed by atoms with van der Waals surface area (Å²) in [4.78, 5) is 18.2. The average Bonchev–Trinajstić information content (AvgIpc) is 3.62. The number of aryl methyl sites for hydroxylation is 2. The van der Waals surface area contributed by atoms with Gasteiger partial charge in [0.25, 0.3) is 5.89 Å². The first-order valence-corrected chi connectivity index (χ1v) is 13.7. The molecule has 0 atom stereocenters. The van der Waals surface area contributed by atoms with E-state index in [0.29, 0.717) is 18.3 Å². The Kier molecular flexibility index (Phi) is 5.95. The van der Waals surface area contributed by atoms with Crippen molar-refractivity contribution in [3.05, 3.63) is 56.9 Å². The van der Waals surface area contributed by atoms with E-state index < -0.39 is 0 Å². The highest BCUT2D eigenvalue weighted by Crippen LogP contribution is 2.43. The highest BCUT2D eigenvalue weighted by Gasteiger charge is 2.27. The smallest absolute Gasteiger partial charge is 0.320 e. The summed E-state index contributed by atoms with van der Waals surface area (Å²) in [6.07, 6.45) is 9.44. The molecule has 0 saturated carbocycles. The predicted molar refractivity (Wildman–Crippen MR) is 139 cm³/mol. The molecule has 2 amide bonds. The number of hydrogen-bond donors (Lipinski definition) is 2. The standard InChI is InChI=1S/C25H28N6O2S2/c1-15-28-29-22(33-15)21-17-7-3-4-8-19(17)34-23(21)27-25(32)26-13-18-16-9-12-30(2)14-20(16)35-24(18)31-10-5-6-11-31/h5-6,10-11H,3-4,7-9,12-14H2,1-2H3,(H2,26,27,32). The number of anilines is 1. The largest absolute Gasteiger partial charge is 0.421 e. The fourth-order valence-corrected chi connectivity index (χ4v) is 7.73. The third kappa shape index (κ3) is 4.30. The second-order valence-corrected chi connectivity index (χ2v) is 11.4. The number of aromatic nitrogens is 3. The summed E-state index contributed by atoms with van der Waals surface area (Å²) in [5.41, 5.74) is 4.73. The van der Waals surface area contributed by atoms with E-state index in [1.165, 1.54) is 37.9 Å². The lowest BCUT2D eigenvalue weighted by atomic mass is 9.95. The molecule has 0 fully saturated rings. The Morgan fingerprint density at radius 3 is 2.71 bits per heavy atom. The van der Waals surface area contributed by atoms with Crippen molar-refractivity contribution in [2.24, 2.45) is 0 Å². The third-order valence-electron chi connectivity index (χ3n) is 6.74. The van der Waals surface area contributed by atoms with Crippen molar-refractivity contribution in [3.63, 3.8) is 0 Å². The summed E-state index contributed by atoms with van der Waals surface area (Å²) in [7, 11) is 2.16. The zero-order valence-corrected chi connectivity index (χ0v) is 21.5. The van der Waals surface area contributed by atoms with Gasteiger partial charge in [0.1, 0.15) is 10.0 Å². The zero-order chi connectivity index (χ0) is 23.9. The van der Waals surface area contributed by atoms with Crippen molar-refractivity contribution < 1.29 is 9.21 Å². The first-order chi connectivity index (χ1) is 17.1. The van der Waals surface area contributed by atoms with Gasteiger partial charge in [-0.05, 0) is 62.4 Å². The number of rotatable bonds is 5. The Morgan fingerprint density at radius 1 is 1.09 bits per heavy atom. The number of likely N-dealkylation sites (N-methyl/N-ethyl adjacent to an activating group) is 1. The van der Waals surface area contributed by atoms with Crippen LogP contribution >= 0.6 is 22.7 Å². The number of carbonyl (C=O) groups excluding carboxylic acids is 1. The normalized spacial score (nSPS) is 15.6. The van der Waals surface area contributed by atoms with Gasteiger partial charge in [0, 0.05) is 54.3 Å². The van der Waals surface area contributed by atoms with Crippen LogP contribution in [0.2, 0.25) is 0 Å². The fourth-order valence-electron chi connectivity index (χ4n) is 5.04. The highest BCUT2D eigenvalue weighted by molar-refractivity contribution is 7.17. The molecular formula is C25H28N6O2S2. The molecule has 1 aliphatic carbocycles. The number of thiophene rings is 2. The summed E-state index contributed by atoms with van der Waals surface area (Å²) >= 11 is 3.46. The molecule has 0 bridgehead atoms. The van der Waals surface area contributed by atoms with Crippen LogP contribution in [0.1, 0.15) is 45.2 Å². The van der Waals surface area contributed by atoms with Crippen LogP contribution in [0, 0.1) is 6.92 Å². The van der Waals surface area contributed by atoms with Crippen molar-refractivity contribution in [2.45, 2.75) is 52.1 Å². The van der Waals surface area contributed by atoms with Crippen LogP contribution < -0.4 is 10.6 Å². The van der Waals surface area contributed by atoms with E-state index in [-0.39, 0.29) is 6.03 Å². The minimum absolute atomic E-state index is 0.215. The van der Waals surface area contributed by atoms with Crippen LogP contribution in [0.3, 0.4) is 0 Å². The van der Waals surface area contributed by atoms with Gasteiger partial charge in [-0.3, -0.25) is 5.32 Å². The van der Waals surface area contributed by atoms with Crippen LogP contribution in [0.25, 0.3) is 16.5 Å². The maximum atomic E-state index is 13.1. The average molecular weight is 509 g/mol. The molecule has 8 nitrogen and oxygen atoms in total. The monoisotopic (exact) mass is 508 g/mol. The molecule has 4 aromatic heterocycles. The zero-order valence-electron chi connectivity index (χ0n) is 19.9. The van der Waals surface area contributed by atoms with E-state index in [0.717, 1.165) is 49.3 Å². The van der Waals surface area contributed by atoms with Gasteiger partial charge in [-0.2, -0.15) is 0 Å². The van der Waals surface area contributed by atoms with Crippen LogP contribution in [0.4, 0.5) is 9.80 Å². The molecule has 2 N–H and O–H groups in total. The van der Waals surface area contributed by atoms with Crippen molar-refractivity contribution in [3.8, 4) is 16.5 Å². The maximum absolute atomic E-state index is 13.1. The lowest BCUT2D eigenvalue weighted by Crippen LogP contribution is -2.30. The molecule has 10 heteroatoms. The van der Waals surface area contributed by atoms with E-state index >= 15 is 0 Å². The van der Waals surface area contributed by atoms with Crippen LogP contribution in [-0.4, -0.2) is 39.3 Å². The molecule has 0 radical (unpaired) electrons. The first kappa shape index (κ1) is 22.5. The minimum Gasteiger partial charge on any atom is -0.421 e. The van der Waals surface area contributed by atoms with Gasteiger partial charge in [-0.1, -0.05) is 0 Å². The summed E-state index contributed by atoms with van der Waals surface area (Å²) in [6, 6.07) is 3.86. The van der Waals surface area contributed by atoms with Crippen LogP contribution in [0.15, 0.2) is 28.9 Å². The number of amides is 2. The van der Waals surface area contributed by atoms with Gasteiger partial charge in [0.05, 0.1) is 5.56 Å². The maximum Gasteiger partial charge on any atom is 0.320 e. The van der Waals surface area contributed by atoms with Crippen LogP contribution in [-0.2, 0) is 32.4 Å². The molecule has 0 aromatic carbocycles. The van der Waals surface area contributed by atoms with Gasteiger partial charge in [-0.15, -0.1) is 32.9 Å². The van der Waals surface area contributed by atoms with E-state index in [1.807, 2.05) is 23.5 Å². The number of hydrogen-bond acceptors (Lipinski definition) is 7. The van der Waals surface area contributed by atoms with Crippen molar-refractivity contribution in [1.82, 2.24) is 25.0 Å².